The molecule has 1 aliphatic rings. The van der Waals surface area contributed by atoms with E-state index in [1.165, 1.54) is 0 Å². The summed E-state index contributed by atoms with van der Waals surface area (Å²) in [6.45, 7) is 0. The van der Waals surface area contributed by atoms with Crippen LogP contribution in [0.15, 0.2) is 18.2 Å². The van der Waals surface area contributed by atoms with E-state index in [2.05, 4.69) is 5.32 Å². The van der Waals surface area contributed by atoms with Crippen molar-refractivity contribution in [1.82, 2.24) is 0 Å². The molecule has 0 aliphatic heterocycles. The molecule has 82 valence electrons. The minimum atomic E-state index is 0.408. The molecule has 2 nitrogen and oxygen atoms in total. The van der Waals surface area contributed by atoms with Gasteiger partial charge in [0.2, 0.25) is 0 Å². The molecule has 4 heteroatoms. The summed E-state index contributed by atoms with van der Waals surface area (Å²) in [6.07, 6.45) is 2.51. The van der Waals surface area contributed by atoms with Crippen LogP contribution in [-0.2, 0) is 4.74 Å². The van der Waals surface area contributed by atoms with E-state index in [0.29, 0.717) is 22.2 Å². The molecule has 15 heavy (non-hydrogen) atoms. The van der Waals surface area contributed by atoms with Crippen molar-refractivity contribution in [2.45, 2.75) is 25.0 Å². The molecule has 0 heterocycles. The van der Waals surface area contributed by atoms with E-state index in [1.54, 1.807) is 13.2 Å². The van der Waals surface area contributed by atoms with Crippen LogP contribution in [0.4, 0.5) is 5.69 Å². The van der Waals surface area contributed by atoms with E-state index in [-0.39, 0.29) is 0 Å². The minimum absolute atomic E-state index is 0.408. The lowest BCUT2D eigenvalue weighted by Crippen LogP contribution is -2.40. The average molecular weight is 246 g/mol. The van der Waals surface area contributed by atoms with Gasteiger partial charge in [-0.15, -0.1) is 0 Å². The number of rotatable bonds is 3. The van der Waals surface area contributed by atoms with Crippen molar-refractivity contribution in [1.29, 1.82) is 0 Å². The predicted octanol–water partition coefficient (Wildman–Crippen LogP) is 3.58. The molecule has 2 rings (SSSR count). The molecule has 0 bridgehead atoms. The van der Waals surface area contributed by atoms with Gasteiger partial charge < -0.3 is 10.1 Å². The summed E-state index contributed by atoms with van der Waals surface area (Å²) in [5.74, 6) is 0. The summed E-state index contributed by atoms with van der Waals surface area (Å²) in [5, 5.41) is 4.56. The van der Waals surface area contributed by atoms with Crippen LogP contribution in [0.2, 0.25) is 10.0 Å². The quantitative estimate of drug-likeness (QED) is 0.880. The normalized spacial score (nSPS) is 24.7. The van der Waals surface area contributed by atoms with Crippen LogP contribution >= 0.6 is 23.2 Å². The molecule has 0 aromatic heterocycles. The Balaban J connectivity index is 1.92. The average Bonchev–Trinajstić information content (AvgIpc) is 2.16. The highest BCUT2D eigenvalue weighted by atomic mass is 35.5. The van der Waals surface area contributed by atoms with Gasteiger partial charge in [0.1, 0.15) is 0 Å². The Bertz CT molecular complexity index is 350. The Morgan fingerprint density at radius 3 is 2.60 bits per heavy atom. The van der Waals surface area contributed by atoms with Crippen LogP contribution in [0.1, 0.15) is 12.8 Å². The van der Waals surface area contributed by atoms with Crippen molar-refractivity contribution in [3.05, 3.63) is 28.2 Å². The number of hydrogen-bond acceptors (Lipinski definition) is 2. The second kappa shape index (κ2) is 4.60. The molecule has 1 N–H and O–H groups in total. The summed E-state index contributed by atoms with van der Waals surface area (Å²) >= 11 is 11.7. The van der Waals surface area contributed by atoms with Gasteiger partial charge in [-0.05, 0) is 31.0 Å². The first-order valence-electron chi connectivity index (χ1n) is 4.93. The van der Waals surface area contributed by atoms with Crippen LogP contribution in [0.3, 0.4) is 0 Å². The fourth-order valence-corrected chi connectivity index (χ4v) is 2.00. The summed E-state index contributed by atoms with van der Waals surface area (Å²) in [6, 6.07) is 6.09. The topological polar surface area (TPSA) is 21.3 Å². The second-order valence-corrected chi connectivity index (χ2v) is 4.61. The molecule has 1 saturated carbocycles. The first-order valence-corrected chi connectivity index (χ1v) is 5.69. The fourth-order valence-electron chi connectivity index (χ4n) is 1.70. The van der Waals surface area contributed by atoms with Gasteiger partial charge in [0, 0.05) is 18.8 Å². The molecule has 1 aromatic rings. The standard InChI is InChI=1S/C11H13Cl2NO/c1-15-9-4-8(5-9)14-7-2-3-10(12)11(13)6-7/h2-3,6,8-9,14H,4-5H2,1H3. The third kappa shape index (κ3) is 2.57. The zero-order chi connectivity index (χ0) is 10.8. The summed E-state index contributed by atoms with van der Waals surface area (Å²) in [7, 11) is 1.75. The van der Waals surface area contributed by atoms with Gasteiger partial charge in [0.15, 0.2) is 0 Å². The maximum Gasteiger partial charge on any atom is 0.0612 e. The van der Waals surface area contributed by atoms with Crippen molar-refractivity contribution in [3.8, 4) is 0 Å². The maximum absolute atomic E-state index is 5.92. The number of halogens is 2. The lowest BCUT2D eigenvalue weighted by atomic mass is 9.89. The van der Waals surface area contributed by atoms with Crippen molar-refractivity contribution in [2.24, 2.45) is 0 Å². The highest BCUT2D eigenvalue weighted by molar-refractivity contribution is 6.42. The van der Waals surface area contributed by atoms with Crippen LogP contribution in [0, 0.1) is 0 Å². The Morgan fingerprint density at radius 2 is 2.00 bits per heavy atom. The molecule has 0 spiro atoms. The minimum Gasteiger partial charge on any atom is -0.382 e. The maximum atomic E-state index is 5.92. The highest BCUT2D eigenvalue weighted by Gasteiger charge is 2.28. The molecule has 0 unspecified atom stereocenters. The Labute approximate surface area is 99.5 Å². The molecule has 0 amide bonds. The summed E-state index contributed by atoms with van der Waals surface area (Å²) in [5.41, 5.74) is 1.02. The number of methoxy groups -OCH3 is 1. The molecule has 1 aliphatic carbocycles. The van der Waals surface area contributed by atoms with Gasteiger partial charge in [-0.3, -0.25) is 0 Å². The Hall–Kier alpha value is -0.440. The largest absolute Gasteiger partial charge is 0.382 e. The smallest absolute Gasteiger partial charge is 0.0612 e. The molecule has 1 aromatic carbocycles. The van der Waals surface area contributed by atoms with E-state index in [1.807, 2.05) is 12.1 Å². The first-order chi connectivity index (χ1) is 7.19. The van der Waals surface area contributed by atoms with Crippen LogP contribution in [-0.4, -0.2) is 19.3 Å². The van der Waals surface area contributed by atoms with E-state index < -0.39 is 0 Å². The molecule has 0 radical (unpaired) electrons. The fraction of sp³-hybridized carbons (Fsp3) is 0.455. The van der Waals surface area contributed by atoms with Gasteiger partial charge in [-0.1, -0.05) is 23.2 Å². The van der Waals surface area contributed by atoms with E-state index in [0.717, 1.165) is 18.5 Å². The number of hydrogen-bond donors (Lipinski definition) is 1. The van der Waals surface area contributed by atoms with Crippen LogP contribution < -0.4 is 5.32 Å². The Morgan fingerprint density at radius 1 is 1.27 bits per heavy atom. The van der Waals surface area contributed by atoms with Crippen LogP contribution in [0.5, 0.6) is 0 Å². The van der Waals surface area contributed by atoms with Gasteiger partial charge in [-0.25, -0.2) is 0 Å². The lowest BCUT2D eigenvalue weighted by molar-refractivity contribution is 0.0329. The van der Waals surface area contributed by atoms with Crippen molar-refractivity contribution >= 4 is 28.9 Å². The molecule has 0 saturated heterocycles. The molecule has 1 fully saturated rings. The predicted molar refractivity (Wildman–Crippen MR) is 63.9 cm³/mol. The zero-order valence-corrected chi connectivity index (χ0v) is 9.98. The highest BCUT2D eigenvalue weighted by Crippen LogP contribution is 2.29. The van der Waals surface area contributed by atoms with Gasteiger partial charge in [0.25, 0.3) is 0 Å². The van der Waals surface area contributed by atoms with E-state index in [9.17, 15) is 0 Å². The molecule has 0 atom stereocenters. The SMILES string of the molecule is COC1CC(Nc2ccc(Cl)c(Cl)c2)C1. The van der Waals surface area contributed by atoms with Crippen molar-refractivity contribution in [2.75, 3.05) is 12.4 Å². The second-order valence-electron chi connectivity index (χ2n) is 3.80. The zero-order valence-electron chi connectivity index (χ0n) is 8.47. The third-order valence-corrected chi connectivity index (χ3v) is 3.46. The number of ether oxygens (including phenoxy) is 1. The molecular formula is C11H13Cl2NO. The summed E-state index contributed by atoms with van der Waals surface area (Å²) in [4.78, 5) is 0. The lowest BCUT2D eigenvalue weighted by Gasteiger charge is -2.35. The van der Waals surface area contributed by atoms with E-state index >= 15 is 0 Å². The van der Waals surface area contributed by atoms with Crippen molar-refractivity contribution < 1.29 is 4.74 Å². The van der Waals surface area contributed by atoms with Gasteiger partial charge in [-0.2, -0.15) is 0 Å². The van der Waals surface area contributed by atoms with Crippen LogP contribution in [0.25, 0.3) is 0 Å². The van der Waals surface area contributed by atoms with E-state index in [4.69, 9.17) is 27.9 Å². The number of nitrogens with one attached hydrogen (secondary N) is 1. The first kappa shape index (κ1) is 11.1. The monoisotopic (exact) mass is 245 g/mol. The van der Waals surface area contributed by atoms with Crippen molar-refractivity contribution in [3.63, 3.8) is 0 Å². The molecular weight excluding hydrogens is 233 g/mol. The summed E-state index contributed by atoms with van der Waals surface area (Å²) < 4.78 is 5.21. The Kier molecular flexibility index (Phi) is 3.39. The number of benzene rings is 1. The number of anilines is 1. The third-order valence-electron chi connectivity index (χ3n) is 2.72. The van der Waals surface area contributed by atoms with Gasteiger partial charge >= 0.3 is 0 Å². The van der Waals surface area contributed by atoms with Gasteiger partial charge in [0.05, 0.1) is 16.1 Å².